The molecule has 1 rings (SSSR count). The van der Waals surface area contributed by atoms with E-state index < -0.39 is 0 Å². The van der Waals surface area contributed by atoms with Gasteiger partial charge in [-0.2, -0.15) is 0 Å². The second-order valence-electron chi connectivity index (χ2n) is 2.05. The van der Waals surface area contributed by atoms with Crippen LogP contribution in [0.3, 0.4) is 0 Å². The van der Waals surface area contributed by atoms with Gasteiger partial charge in [-0.3, -0.25) is 0 Å². The van der Waals surface area contributed by atoms with Crippen LogP contribution in [0.2, 0.25) is 10.1 Å². The third-order valence-corrected chi connectivity index (χ3v) is 4.47. The van der Waals surface area contributed by atoms with Gasteiger partial charge in [-0.05, 0) is 0 Å². The van der Waals surface area contributed by atoms with Crippen molar-refractivity contribution in [3.05, 3.63) is 0 Å². The van der Waals surface area contributed by atoms with E-state index in [-0.39, 0.29) is 0 Å². The molecule has 0 aliphatic heterocycles. The van der Waals surface area contributed by atoms with Crippen molar-refractivity contribution >= 4 is 15.0 Å². The van der Waals surface area contributed by atoms with Crippen LogP contribution < -0.4 is 0 Å². The Morgan fingerprint density at radius 1 is 1.71 bits per heavy atom. The van der Waals surface area contributed by atoms with Crippen LogP contribution in [0.1, 0.15) is 12.8 Å². The van der Waals surface area contributed by atoms with Gasteiger partial charge in [0, 0.05) is 0 Å². The first-order chi connectivity index (χ1) is 3.33. The SMILES string of the molecule is C[Se]C1(CO)CC1. The second kappa shape index (κ2) is 1.77. The van der Waals surface area contributed by atoms with E-state index in [1.165, 1.54) is 12.8 Å². The standard InChI is InChI=1S/C5H10OSe/c1-7-5(4-6)2-3-5/h6H,2-4H2,1H3. The molecular weight excluding hydrogens is 155 g/mol. The van der Waals surface area contributed by atoms with Gasteiger partial charge in [0.15, 0.2) is 0 Å². The molecule has 1 nitrogen and oxygen atoms in total. The Labute approximate surface area is 50.3 Å². The van der Waals surface area contributed by atoms with Crippen LogP contribution in [0.5, 0.6) is 0 Å². The summed E-state index contributed by atoms with van der Waals surface area (Å²) in [4.78, 5) is 0. The fourth-order valence-electron chi connectivity index (χ4n) is 0.566. The van der Waals surface area contributed by atoms with Crippen molar-refractivity contribution < 1.29 is 5.11 Å². The number of hydrogen-bond acceptors (Lipinski definition) is 1. The van der Waals surface area contributed by atoms with Crippen molar-refractivity contribution in [1.29, 1.82) is 0 Å². The molecule has 0 aromatic rings. The molecule has 1 saturated carbocycles. The zero-order valence-electron chi connectivity index (χ0n) is 4.48. The van der Waals surface area contributed by atoms with Crippen LogP contribution >= 0.6 is 0 Å². The van der Waals surface area contributed by atoms with E-state index in [9.17, 15) is 0 Å². The number of aliphatic hydroxyl groups excluding tert-OH is 1. The topological polar surface area (TPSA) is 20.2 Å². The van der Waals surface area contributed by atoms with Gasteiger partial charge in [0.2, 0.25) is 0 Å². The molecule has 1 aliphatic rings. The van der Waals surface area contributed by atoms with Gasteiger partial charge in [-0.1, -0.05) is 0 Å². The van der Waals surface area contributed by atoms with E-state index in [0.717, 1.165) is 0 Å². The minimum absolute atomic E-state index is 0.434. The Kier molecular flexibility index (Phi) is 1.42. The van der Waals surface area contributed by atoms with Gasteiger partial charge in [0.25, 0.3) is 0 Å². The van der Waals surface area contributed by atoms with Gasteiger partial charge in [-0.15, -0.1) is 0 Å². The first kappa shape index (κ1) is 5.61. The summed E-state index contributed by atoms with van der Waals surface area (Å²) in [5.74, 6) is 2.20. The summed E-state index contributed by atoms with van der Waals surface area (Å²) in [5, 5.41) is 8.67. The summed E-state index contributed by atoms with van der Waals surface area (Å²) in [6, 6.07) is 0. The maximum absolute atomic E-state index is 8.67. The van der Waals surface area contributed by atoms with Gasteiger partial charge in [0.1, 0.15) is 0 Å². The number of hydrogen-bond donors (Lipinski definition) is 1. The quantitative estimate of drug-likeness (QED) is 0.596. The van der Waals surface area contributed by atoms with Crippen LogP contribution in [0, 0.1) is 0 Å². The van der Waals surface area contributed by atoms with Crippen LogP contribution in [0.25, 0.3) is 0 Å². The molecule has 0 saturated heterocycles. The first-order valence-corrected chi connectivity index (χ1v) is 5.06. The van der Waals surface area contributed by atoms with Crippen molar-refractivity contribution in [1.82, 2.24) is 0 Å². The summed E-state index contributed by atoms with van der Waals surface area (Å²) in [7, 11) is 0. The number of rotatable bonds is 2. The van der Waals surface area contributed by atoms with Gasteiger partial charge < -0.3 is 0 Å². The molecule has 1 fully saturated rings. The molecule has 0 amide bonds. The fraction of sp³-hybridized carbons (Fsp3) is 1.00. The Hall–Kier alpha value is 0.479. The molecule has 0 atom stereocenters. The van der Waals surface area contributed by atoms with Crippen molar-refractivity contribution in [2.24, 2.45) is 0 Å². The predicted octanol–water partition coefficient (Wildman–Crippen LogP) is 0.683. The van der Waals surface area contributed by atoms with Crippen LogP contribution in [-0.2, 0) is 0 Å². The van der Waals surface area contributed by atoms with Crippen molar-refractivity contribution in [2.45, 2.75) is 23.0 Å². The zero-order valence-corrected chi connectivity index (χ0v) is 6.19. The third kappa shape index (κ3) is 0.987. The minimum atomic E-state index is 0.434. The molecule has 0 radical (unpaired) electrons. The molecule has 0 bridgehead atoms. The van der Waals surface area contributed by atoms with Crippen LogP contribution in [-0.4, -0.2) is 26.7 Å². The van der Waals surface area contributed by atoms with Gasteiger partial charge >= 0.3 is 49.6 Å². The predicted molar refractivity (Wildman–Crippen MR) is 30.6 cm³/mol. The molecule has 1 aliphatic carbocycles. The molecule has 42 valence electrons. The molecule has 0 aromatic heterocycles. The van der Waals surface area contributed by atoms with Gasteiger partial charge in [-0.25, -0.2) is 0 Å². The molecule has 2 heteroatoms. The maximum atomic E-state index is 8.67. The molecule has 7 heavy (non-hydrogen) atoms. The van der Waals surface area contributed by atoms with E-state index >= 15 is 0 Å². The summed E-state index contributed by atoms with van der Waals surface area (Å²) < 4.78 is 0.451. The fourth-order valence-corrected chi connectivity index (χ4v) is 1.91. The van der Waals surface area contributed by atoms with Crippen molar-refractivity contribution in [2.75, 3.05) is 6.61 Å². The Morgan fingerprint density at radius 2 is 2.29 bits per heavy atom. The van der Waals surface area contributed by atoms with E-state index in [1.54, 1.807) is 0 Å². The summed E-state index contributed by atoms with van der Waals surface area (Å²) in [5.41, 5.74) is 0. The molecule has 0 spiro atoms. The normalized spacial score (nSPS) is 24.9. The second-order valence-corrected chi connectivity index (χ2v) is 4.72. The van der Waals surface area contributed by atoms with E-state index in [2.05, 4.69) is 5.82 Å². The molecule has 0 aromatic carbocycles. The first-order valence-electron chi connectivity index (χ1n) is 2.49. The van der Waals surface area contributed by atoms with Crippen LogP contribution in [0.4, 0.5) is 0 Å². The molecule has 1 N–H and O–H groups in total. The Bertz CT molecular complexity index is 62.5. The average molecular weight is 165 g/mol. The van der Waals surface area contributed by atoms with Gasteiger partial charge in [0.05, 0.1) is 0 Å². The summed E-state index contributed by atoms with van der Waals surface area (Å²) in [6.45, 7) is 0.434. The van der Waals surface area contributed by atoms with E-state index in [0.29, 0.717) is 25.9 Å². The number of aliphatic hydroxyl groups is 1. The Balaban J connectivity index is 2.28. The molecular formula is C5H10OSe. The average Bonchev–Trinajstić information content (AvgIpc) is 2.46. The summed E-state index contributed by atoms with van der Waals surface area (Å²) in [6.07, 6.45) is 2.56. The van der Waals surface area contributed by atoms with Crippen molar-refractivity contribution in [3.63, 3.8) is 0 Å². The zero-order chi connectivity index (χ0) is 5.33. The monoisotopic (exact) mass is 166 g/mol. The molecule has 0 heterocycles. The van der Waals surface area contributed by atoms with E-state index in [1.807, 2.05) is 0 Å². The summed E-state index contributed by atoms with van der Waals surface area (Å²) >= 11 is 0.682. The third-order valence-electron chi connectivity index (χ3n) is 1.53. The molecule has 0 unspecified atom stereocenters. The van der Waals surface area contributed by atoms with Crippen LogP contribution in [0.15, 0.2) is 0 Å². The van der Waals surface area contributed by atoms with E-state index in [4.69, 9.17) is 5.11 Å². The Morgan fingerprint density at radius 3 is 2.29 bits per heavy atom. The van der Waals surface area contributed by atoms with Crippen molar-refractivity contribution in [3.8, 4) is 0 Å².